The first-order valence-corrected chi connectivity index (χ1v) is 7.11. The Hall–Kier alpha value is -1.03. The highest BCUT2D eigenvalue weighted by Gasteiger charge is 2.06. The van der Waals surface area contributed by atoms with Gasteiger partial charge in [0, 0.05) is 22.8 Å². The van der Waals surface area contributed by atoms with Crippen molar-refractivity contribution in [3.05, 3.63) is 51.8 Å². The van der Waals surface area contributed by atoms with E-state index >= 15 is 0 Å². The van der Waals surface area contributed by atoms with E-state index < -0.39 is 0 Å². The third-order valence-electron chi connectivity index (χ3n) is 2.87. The van der Waals surface area contributed by atoms with Crippen LogP contribution < -0.4 is 5.32 Å². The molecule has 0 fully saturated rings. The summed E-state index contributed by atoms with van der Waals surface area (Å²) in [6.45, 7) is 4.63. The van der Waals surface area contributed by atoms with Gasteiger partial charge in [0.1, 0.15) is 0 Å². The lowest BCUT2D eigenvalue weighted by Gasteiger charge is -2.10. The maximum atomic E-state index is 6.18. The van der Waals surface area contributed by atoms with Gasteiger partial charge in [-0.3, -0.25) is 4.68 Å². The van der Waals surface area contributed by atoms with Crippen LogP contribution in [0, 0.1) is 0 Å². The van der Waals surface area contributed by atoms with Crippen LogP contribution in [0.4, 0.5) is 0 Å². The lowest BCUT2D eigenvalue weighted by molar-refractivity contribution is 0.592. The van der Waals surface area contributed by atoms with Gasteiger partial charge in [-0.2, -0.15) is 5.10 Å². The van der Waals surface area contributed by atoms with Gasteiger partial charge in [-0.1, -0.05) is 36.2 Å². The van der Waals surface area contributed by atoms with Crippen LogP contribution in [0.2, 0.25) is 10.0 Å². The van der Waals surface area contributed by atoms with Crippen molar-refractivity contribution in [1.29, 1.82) is 0 Å². The Kier molecular flexibility index (Phi) is 5.25. The Labute approximate surface area is 123 Å². The van der Waals surface area contributed by atoms with Crippen LogP contribution in [0.25, 0.3) is 0 Å². The summed E-state index contributed by atoms with van der Waals surface area (Å²) in [5, 5.41) is 9.04. The molecule has 102 valence electrons. The van der Waals surface area contributed by atoms with Gasteiger partial charge in [0.2, 0.25) is 0 Å². The fraction of sp³-hybridized carbons (Fsp3) is 0.357. The zero-order valence-electron chi connectivity index (χ0n) is 10.9. The molecule has 0 spiro atoms. The molecule has 0 saturated carbocycles. The van der Waals surface area contributed by atoms with Crippen molar-refractivity contribution < 1.29 is 0 Å². The monoisotopic (exact) mass is 297 g/mol. The fourth-order valence-corrected chi connectivity index (χ4v) is 2.33. The van der Waals surface area contributed by atoms with E-state index in [4.69, 9.17) is 23.2 Å². The van der Waals surface area contributed by atoms with Crippen LogP contribution >= 0.6 is 23.2 Å². The number of hydrogen-bond acceptors (Lipinski definition) is 2. The molecule has 5 heteroatoms. The van der Waals surface area contributed by atoms with Gasteiger partial charge in [-0.15, -0.1) is 0 Å². The maximum absolute atomic E-state index is 6.18. The minimum Gasteiger partial charge on any atom is -0.311 e. The highest BCUT2D eigenvalue weighted by atomic mass is 35.5. The normalized spacial score (nSPS) is 10.9. The third-order valence-corrected chi connectivity index (χ3v) is 3.46. The zero-order chi connectivity index (χ0) is 13.7. The van der Waals surface area contributed by atoms with Crippen molar-refractivity contribution in [3.63, 3.8) is 0 Å². The molecule has 0 bridgehead atoms. The van der Waals surface area contributed by atoms with Gasteiger partial charge in [0.25, 0.3) is 0 Å². The summed E-state index contributed by atoms with van der Waals surface area (Å²) in [6.07, 6.45) is 2.93. The van der Waals surface area contributed by atoms with Crippen molar-refractivity contribution in [2.45, 2.75) is 26.4 Å². The number of rotatable bonds is 6. The Bertz CT molecular complexity index is 537. The van der Waals surface area contributed by atoms with Crippen LogP contribution in [0.3, 0.4) is 0 Å². The zero-order valence-corrected chi connectivity index (χ0v) is 12.4. The fourth-order valence-electron chi connectivity index (χ4n) is 1.86. The van der Waals surface area contributed by atoms with E-state index in [0.717, 1.165) is 30.8 Å². The average molecular weight is 298 g/mol. The summed E-state index contributed by atoms with van der Waals surface area (Å²) in [6, 6.07) is 7.57. The molecule has 0 amide bonds. The number of halogens is 2. The predicted molar refractivity (Wildman–Crippen MR) is 79.8 cm³/mol. The van der Waals surface area contributed by atoms with Crippen LogP contribution in [0.1, 0.15) is 24.6 Å². The second-order valence-corrected chi connectivity index (χ2v) is 5.24. The Morgan fingerprint density at radius 2 is 2.11 bits per heavy atom. The molecule has 0 aliphatic carbocycles. The molecule has 0 saturated heterocycles. The highest BCUT2D eigenvalue weighted by Crippen LogP contribution is 2.22. The molecule has 1 N–H and O–H groups in total. The largest absolute Gasteiger partial charge is 0.311 e. The van der Waals surface area contributed by atoms with E-state index in [1.807, 2.05) is 29.1 Å². The molecule has 0 aliphatic rings. The molecule has 0 aliphatic heterocycles. The molecule has 3 nitrogen and oxygen atoms in total. The predicted octanol–water partition coefficient (Wildman–Crippen LogP) is 3.74. The quantitative estimate of drug-likeness (QED) is 0.823. The topological polar surface area (TPSA) is 29.9 Å². The molecule has 1 heterocycles. The van der Waals surface area contributed by atoms with E-state index in [9.17, 15) is 0 Å². The molecule has 19 heavy (non-hydrogen) atoms. The first kappa shape index (κ1) is 14.4. The molecule has 1 aromatic heterocycles. The second-order valence-electron chi connectivity index (χ2n) is 4.39. The number of hydrogen-bond donors (Lipinski definition) is 1. The van der Waals surface area contributed by atoms with Gasteiger partial charge >= 0.3 is 0 Å². The Morgan fingerprint density at radius 3 is 2.84 bits per heavy atom. The van der Waals surface area contributed by atoms with Crippen molar-refractivity contribution >= 4 is 23.2 Å². The molecule has 0 radical (unpaired) electrons. The molecular formula is C14H17Cl2N3. The van der Waals surface area contributed by atoms with Crippen molar-refractivity contribution in [1.82, 2.24) is 15.1 Å². The number of nitrogens with zero attached hydrogens (tertiary/aromatic N) is 2. The number of nitrogens with one attached hydrogen (secondary N) is 1. The molecular weight excluding hydrogens is 281 g/mol. The minimum atomic E-state index is 0.652. The van der Waals surface area contributed by atoms with Crippen molar-refractivity contribution in [3.8, 4) is 0 Å². The number of aromatic nitrogens is 2. The minimum absolute atomic E-state index is 0.652. The first-order valence-electron chi connectivity index (χ1n) is 6.36. The Morgan fingerprint density at radius 1 is 1.26 bits per heavy atom. The van der Waals surface area contributed by atoms with E-state index in [0.29, 0.717) is 16.6 Å². The van der Waals surface area contributed by atoms with Gasteiger partial charge in [-0.05, 0) is 36.7 Å². The van der Waals surface area contributed by atoms with E-state index in [2.05, 4.69) is 17.3 Å². The van der Waals surface area contributed by atoms with Gasteiger partial charge in [-0.25, -0.2) is 0 Å². The van der Waals surface area contributed by atoms with Crippen LogP contribution in [-0.2, 0) is 13.1 Å². The molecule has 0 atom stereocenters. The summed E-state index contributed by atoms with van der Waals surface area (Å²) >= 11 is 12.1. The smallest absolute Gasteiger partial charge is 0.0677 e. The highest BCUT2D eigenvalue weighted by molar-refractivity contribution is 6.35. The SMILES string of the molecule is CCCNCc1ccnn1Cc1ccc(Cl)cc1Cl. The van der Waals surface area contributed by atoms with Gasteiger partial charge in [0.15, 0.2) is 0 Å². The van der Waals surface area contributed by atoms with E-state index in [1.54, 1.807) is 6.07 Å². The van der Waals surface area contributed by atoms with Crippen LogP contribution in [0.5, 0.6) is 0 Å². The average Bonchev–Trinajstić information content (AvgIpc) is 2.81. The lowest BCUT2D eigenvalue weighted by Crippen LogP contribution is -2.17. The van der Waals surface area contributed by atoms with Crippen LogP contribution in [0.15, 0.2) is 30.5 Å². The third kappa shape index (κ3) is 3.96. The summed E-state index contributed by atoms with van der Waals surface area (Å²) < 4.78 is 1.96. The van der Waals surface area contributed by atoms with E-state index in [-0.39, 0.29) is 0 Å². The maximum Gasteiger partial charge on any atom is 0.0677 e. The molecule has 2 aromatic rings. The molecule has 1 aromatic carbocycles. The number of benzene rings is 1. The summed E-state index contributed by atoms with van der Waals surface area (Å²) in [5.41, 5.74) is 2.17. The summed E-state index contributed by atoms with van der Waals surface area (Å²) in [5.74, 6) is 0. The van der Waals surface area contributed by atoms with Gasteiger partial charge in [0.05, 0.1) is 12.2 Å². The van der Waals surface area contributed by atoms with Crippen molar-refractivity contribution in [2.75, 3.05) is 6.54 Å². The lowest BCUT2D eigenvalue weighted by atomic mass is 10.2. The van der Waals surface area contributed by atoms with Gasteiger partial charge < -0.3 is 5.32 Å². The standard InChI is InChI=1S/C14H17Cl2N3/c1-2-6-17-9-13-5-7-18-19(13)10-11-3-4-12(15)8-14(11)16/h3-5,7-8,17H,2,6,9-10H2,1H3. The molecule has 0 unspecified atom stereocenters. The summed E-state index contributed by atoms with van der Waals surface area (Å²) in [7, 11) is 0. The summed E-state index contributed by atoms with van der Waals surface area (Å²) in [4.78, 5) is 0. The Balaban J connectivity index is 2.08. The van der Waals surface area contributed by atoms with Crippen molar-refractivity contribution in [2.24, 2.45) is 0 Å². The first-order chi connectivity index (χ1) is 9.20. The second kappa shape index (κ2) is 6.94. The van der Waals surface area contributed by atoms with Crippen LogP contribution in [-0.4, -0.2) is 16.3 Å². The van der Waals surface area contributed by atoms with E-state index in [1.165, 1.54) is 0 Å². The molecule has 2 rings (SSSR count).